The molecular weight excluding hydrogens is 271 g/mol. The summed E-state index contributed by atoms with van der Waals surface area (Å²) in [5.41, 5.74) is 7.83. The van der Waals surface area contributed by atoms with Crippen LogP contribution in [-0.4, -0.2) is 31.1 Å². The number of hydrogen-bond donors (Lipinski definition) is 1. The first kappa shape index (κ1) is 12.5. The summed E-state index contributed by atoms with van der Waals surface area (Å²) in [5, 5.41) is 8.22. The van der Waals surface area contributed by atoms with E-state index in [0.717, 1.165) is 24.2 Å². The van der Waals surface area contributed by atoms with Crippen molar-refractivity contribution in [2.45, 2.75) is 25.4 Å². The molecule has 0 atom stereocenters. The molecule has 0 spiro atoms. The second-order valence-electron chi connectivity index (χ2n) is 5.33. The van der Waals surface area contributed by atoms with Crippen molar-refractivity contribution in [3.05, 3.63) is 30.2 Å². The first-order valence-corrected chi connectivity index (χ1v) is 7.04. The molecule has 108 valence electrons. The Morgan fingerprint density at radius 2 is 2.19 bits per heavy atom. The predicted molar refractivity (Wildman–Crippen MR) is 76.0 cm³/mol. The standard InChI is InChI=1S/C14H15FN6/c15-9-1-4-13-11(7-9)17-14(21(13)10-2-3-10)12-8-20(6-5-16)19-18-12/h1,4,7-8,10H,2-3,5-6,16H2. The van der Waals surface area contributed by atoms with Crippen molar-refractivity contribution in [2.75, 3.05) is 6.54 Å². The van der Waals surface area contributed by atoms with Crippen molar-refractivity contribution >= 4 is 11.0 Å². The fraction of sp³-hybridized carbons (Fsp3) is 0.357. The Labute approximate surface area is 120 Å². The van der Waals surface area contributed by atoms with Gasteiger partial charge in [0, 0.05) is 18.7 Å². The first-order valence-electron chi connectivity index (χ1n) is 7.04. The van der Waals surface area contributed by atoms with Crippen molar-refractivity contribution in [2.24, 2.45) is 5.73 Å². The van der Waals surface area contributed by atoms with E-state index in [-0.39, 0.29) is 5.82 Å². The van der Waals surface area contributed by atoms with Gasteiger partial charge in [0.2, 0.25) is 0 Å². The number of nitrogens with zero attached hydrogens (tertiary/aromatic N) is 5. The number of halogens is 1. The van der Waals surface area contributed by atoms with E-state index in [2.05, 4.69) is 19.9 Å². The monoisotopic (exact) mass is 286 g/mol. The lowest BCUT2D eigenvalue weighted by Crippen LogP contribution is -2.10. The lowest BCUT2D eigenvalue weighted by molar-refractivity contribution is 0.598. The lowest BCUT2D eigenvalue weighted by Gasteiger charge is -2.04. The van der Waals surface area contributed by atoms with E-state index in [1.807, 2.05) is 6.20 Å². The Hall–Kier alpha value is -2.28. The number of imidazole rings is 1. The molecule has 6 nitrogen and oxygen atoms in total. The maximum atomic E-state index is 13.4. The summed E-state index contributed by atoms with van der Waals surface area (Å²) in [6.07, 6.45) is 4.07. The Morgan fingerprint density at radius 1 is 1.33 bits per heavy atom. The Morgan fingerprint density at radius 3 is 2.95 bits per heavy atom. The van der Waals surface area contributed by atoms with E-state index in [1.54, 1.807) is 10.7 Å². The van der Waals surface area contributed by atoms with Gasteiger partial charge in [0.25, 0.3) is 0 Å². The number of aromatic nitrogens is 5. The van der Waals surface area contributed by atoms with Crippen LogP contribution in [0.25, 0.3) is 22.6 Å². The molecule has 21 heavy (non-hydrogen) atoms. The molecule has 1 fully saturated rings. The minimum atomic E-state index is -0.277. The second-order valence-corrected chi connectivity index (χ2v) is 5.33. The highest BCUT2D eigenvalue weighted by molar-refractivity contribution is 5.80. The summed E-state index contributed by atoms with van der Waals surface area (Å²) in [5.74, 6) is 0.475. The van der Waals surface area contributed by atoms with E-state index in [1.165, 1.54) is 12.1 Å². The highest BCUT2D eigenvalue weighted by atomic mass is 19.1. The number of hydrogen-bond acceptors (Lipinski definition) is 4. The maximum absolute atomic E-state index is 13.4. The largest absolute Gasteiger partial charge is 0.329 e. The maximum Gasteiger partial charge on any atom is 0.163 e. The molecule has 2 heterocycles. The third kappa shape index (κ3) is 2.09. The van der Waals surface area contributed by atoms with Gasteiger partial charge in [-0.15, -0.1) is 5.10 Å². The van der Waals surface area contributed by atoms with E-state index < -0.39 is 0 Å². The molecule has 0 bridgehead atoms. The van der Waals surface area contributed by atoms with Crippen LogP contribution in [0.5, 0.6) is 0 Å². The lowest BCUT2D eigenvalue weighted by atomic mass is 10.3. The Kier molecular flexibility index (Phi) is 2.75. The molecule has 1 aromatic carbocycles. The fourth-order valence-corrected chi connectivity index (χ4v) is 2.60. The first-order chi connectivity index (χ1) is 10.3. The molecule has 2 N–H and O–H groups in total. The van der Waals surface area contributed by atoms with Crippen LogP contribution in [0.3, 0.4) is 0 Å². The third-order valence-electron chi connectivity index (χ3n) is 3.69. The van der Waals surface area contributed by atoms with Gasteiger partial charge >= 0.3 is 0 Å². The van der Waals surface area contributed by atoms with Gasteiger partial charge in [-0.1, -0.05) is 5.21 Å². The topological polar surface area (TPSA) is 74.6 Å². The van der Waals surface area contributed by atoms with Crippen LogP contribution >= 0.6 is 0 Å². The third-order valence-corrected chi connectivity index (χ3v) is 3.69. The number of nitrogens with two attached hydrogens (primary N) is 1. The van der Waals surface area contributed by atoms with Crippen molar-refractivity contribution in [1.29, 1.82) is 0 Å². The van der Waals surface area contributed by atoms with E-state index in [9.17, 15) is 4.39 Å². The Bertz CT molecular complexity index is 801. The quantitative estimate of drug-likeness (QED) is 0.792. The number of rotatable bonds is 4. The van der Waals surface area contributed by atoms with Crippen LogP contribution in [0.4, 0.5) is 4.39 Å². The molecular formula is C14H15FN6. The number of benzene rings is 1. The Balaban J connectivity index is 1.88. The number of fused-ring (bicyclic) bond motifs is 1. The summed E-state index contributed by atoms with van der Waals surface area (Å²) >= 11 is 0. The minimum absolute atomic E-state index is 0.277. The van der Waals surface area contributed by atoms with Crippen LogP contribution in [0.1, 0.15) is 18.9 Å². The summed E-state index contributed by atoms with van der Waals surface area (Å²) in [6.45, 7) is 1.12. The zero-order valence-corrected chi connectivity index (χ0v) is 11.4. The summed E-state index contributed by atoms with van der Waals surface area (Å²) in [6, 6.07) is 5.14. The molecule has 4 rings (SSSR count). The zero-order chi connectivity index (χ0) is 14.4. The van der Waals surface area contributed by atoms with Crippen LogP contribution in [-0.2, 0) is 6.54 Å². The fourth-order valence-electron chi connectivity index (χ4n) is 2.60. The van der Waals surface area contributed by atoms with Crippen LogP contribution in [0.2, 0.25) is 0 Å². The van der Waals surface area contributed by atoms with Gasteiger partial charge < -0.3 is 10.3 Å². The molecule has 0 aliphatic heterocycles. The average Bonchev–Trinajstić information content (AvgIpc) is 3.08. The highest BCUT2D eigenvalue weighted by Crippen LogP contribution is 2.40. The second kappa shape index (κ2) is 4.63. The minimum Gasteiger partial charge on any atom is -0.329 e. The van der Waals surface area contributed by atoms with Crippen LogP contribution in [0.15, 0.2) is 24.4 Å². The summed E-state index contributed by atoms with van der Waals surface area (Å²) < 4.78 is 17.3. The van der Waals surface area contributed by atoms with Gasteiger partial charge in [-0.25, -0.2) is 9.37 Å². The summed E-state index contributed by atoms with van der Waals surface area (Å²) in [7, 11) is 0. The van der Waals surface area contributed by atoms with Crippen LogP contribution < -0.4 is 5.73 Å². The van der Waals surface area contributed by atoms with E-state index in [4.69, 9.17) is 5.73 Å². The van der Waals surface area contributed by atoms with Gasteiger partial charge in [0.05, 0.1) is 23.8 Å². The zero-order valence-electron chi connectivity index (χ0n) is 11.4. The van der Waals surface area contributed by atoms with Gasteiger partial charge in [-0.05, 0) is 25.0 Å². The van der Waals surface area contributed by atoms with Gasteiger partial charge in [-0.2, -0.15) is 0 Å². The van der Waals surface area contributed by atoms with Gasteiger partial charge in [0.15, 0.2) is 5.82 Å². The molecule has 1 aliphatic rings. The molecule has 0 unspecified atom stereocenters. The molecule has 7 heteroatoms. The van der Waals surface area contributed by atoms with E-state index >= 15 is 0 Å². The average molecular weight is 286 g/mol. The van der Waals surface area contributed by atoms with Gasteiger partial charge in [-0.3, -0.25) is 4.68 Å². The SMILES string of the molecule is NCCn1cc(-c2nc3cc(F)ccc3n2C2CC2)nn1. The van der Waals surface area contributed by atoms with Crippen molar-refractivity contribution in [3.8, 4) is 11.5 Å². The molecule has 2 aromatic heterocycles. The van der Waals surface area contributed by atoms with Crippen molar-refractivity contribution in [1.82, 2.24) is 24.5 Å². The highest BCUT2D eigenvalue weighted by Gasteiger charge is 2.29. The smallest absolute Gasteiger partial charge is 0.163 e. The van der Waals surface area contributed by atoms with E-state index in [0.29, 0.717) is 30.3 Å². The molecule has 1 aliphatic carbocycles. The molecule has 1 saturated carbocycles. The summed E-state index contributed by atoms with van der Waals surface area (Å²) in [4.78, 5) is 4.55. The van der Waals surface area contributed by atoms with Crippen LogP contribution in [0, 0.1) is 5.82 Å². The van der Waals surface area contributed by atoms with Gasteiger partial charge in [0.1, 0.15) is 11.5 Å². The molecule has 0 amide bonds. The predicted octanol–water partition coefficient (Wildman–Crippen LogP) is 1.73. The molecule has 3 aromatic rings. The molecule has 0 radical (unpaired) electrons. The van der Waals surface area contributed by atoms with Crippen molar-refractivity contribution < 1.29 is 4.39 Å². The normalized spacial score (nSPS) is 15.0. The van der Waals surface area contributed by atoms with Crippen molar-refractivity contribution in [3.63, 3.8) is 0 Å². The molecule has 0 saturated heterocycles.